The summed E-state index contributed by atoms with van der Waals surface area (Å²) >= 11 is 1.39. The van der Waals surface area contributed by atoms with E-state index in [1.54, 1.807) is 0 Å². The molecule has 0 saturated carbocycles. The molecule has 0 spiro atoms. The summed E-state index contributed by atoms with van der Waals surface area (Å²) in [6, 6.07) is 20.0. The zero-order valence-corrected chi connectivity index (χ0v) is 15.7. The number of hydrogen-bond donors (Lipinski definition) is 1. The molecule has 3 aromatic rings. The Morgan fingerprint density at radius 2 is 1.81 bits per heavy atom. The quantitative estimate of drug-likeness (QED) is 0.728. The van der Waals surface area contributed by atoms with Gasteiger partial charge < -0.3 is 0 Å². The Labute approximate surface area is 161 Å². The molecule has 1 aliphatic rings. The SMILES string of the molecule is CCc1nnc(NC(=O)C2=NN(c3ccccc3)[C@H](c3ccccc3)C2)s1. The van der Waals surface area contributed by atoms with Gasteiger partial charge in [-0.2, -0.15) is 5.10 Å². The summed E-state index contributed by atoms with van der Waals surface area (Å²) in [6.45, 7) is 2.01. The number of nitrogens with zero attached hydrogens (tertiary/aromatic N) is 4. The summed E-state index contributed by atoms with van der Waals surface area (Å²) in [5, 5.41) is 18.9. The predicted octanol–water partition coefficient (Wildman–Crippen LogP) is 4.05. The molecule has 2 aromatic carbocycles. The van der Waals surface area contributed by atoms with Gasteiger partial charge in [0.15, 0.2) is 0 Å². The first-order valence-electron chi connectivity index (χ1n) is 8.85. The Morgan fingerprint density at radius 1 is 1.11 bits per heavy atom. The molecule has 0 unspecified atom stereocenters. The molecule has 0 saturated heterocycles. The number of rotatable bonds is 5. The fourth-order valence-corrected chi connectivity index (χ4v) is 3.69. The van der Waals surface area contributed by atoms with Crippen LogP contribution in [0.25, 0.3) is 0 Å². The second kappa shape index (κ2) is 7.67. The lowest BCUT2D eigenvalue weighted by Crippen LogP contribution is -2.21. The summed E-state index contributed by atoms with van der Waals surface area (Å²) in [5.41, 5.74) is 2.57. The van der Waals surface area contributed by atoms with Crippen LogP contribution >= 0.6 is 11.3 Å². The van der Waals surface area contributed by atoms with Gasteiger partial charge in [-0.05, 0) is 24.1 Å². The first kappa shape index (κ1) is 17.4. The topological polar surface area (TPSA) is 70.5 Å². The van der Waals surface area contributed by atoms with Gasteiger partial charge in [-0.3, -0.25) is 15.1 Å². The average Bonchev–Trinajstić information content (AvgIpc) is 3.36. The van der Waals surface area contributed by atoms with E-state index < -0.39 is 0 Å². The Morgan fingerprint density at radius 3 is 2.48 bits per heavy atom. The molecule has 0 fully saturated rings. The molecule has 2 heterocycles. The van der Waals surface area contributed by atoms with Gasteiger partial charge in [-0.15, -0.1) is 10.2 Å². The Bertz CT molecular complexity index is 955. The molecule has 0 aliphatic carbocycles. The van der Waals surface area contributed by atoms with Crippen LogP contribution in [0.1, 0.15) is 30.0 Å². The number of nitrogens with one attached hydrogen (secondary N) is 1. The van der Waals surface area contributed by atoms with Crippen molar-refractivity contribution in [1.82, 2.24) is 10.2 Å². The molecule has 1 aliphatic heterocycles. The third kappa shape index (κ3) is 3.73. The third-order valence-electron chi connectivity index (χ3n) is 4.37. The molecule has 1 amide bonds. The van der Waals surface area contributed by atoms with Gasteiger partial charge in [0.05, 0.1) is 11.7 Å². The van der Waals surface area contributed by atoms with Crippen LogP contribution in [0.2, 0.25) is 0 Å². The largest absolute Gasteiger partial charge is 0.295 e. The predicted molar refractivity (Wildman–Crippen MR) is 108 cm³/mol. The number of hydrogen-bond acceptors (Lipinski definition) is 6. The van der Waals surface area contributed by atoms with Crippen LogP contribution in [0.15, 0.2) is 65.8 Å². The van der Waals surface area contributed by atoms with Crippen molar-refractivity contribution in [2.45, 2.75) is 25.8 Å². The third-order valence-corrected chi connectivity index (χ3v) is 5.35. The molecule has 136 valence electrons. The highest BCUT2D eigenvalue weighted by atomic mass is 32.1. The number of anilines is 2. The van der Waals surface area contributed by atoms with Crippen molar-refractivity contribution < 1.29 is 4.79 Å². The van der Waals surface area contributed by atoms with Crippen LogP contribution in [0, 0.1) is 0 Å². The Hall–Kier alpha value is -3.06. The van der Waals surface area contributed by atoms with Crippen LogP contribution in [0.5, 0.6) is 0 Å². The van der Waals surface area contributed by atoms with Crippen molar-refractivity contribution in [3.05, 3.63) is 71.2 Å². The van der Waals surface area contributed by atoms with E-state index in [-0.39, 0.29) is 11.9 Å². The van der Waals surface area contributed by atoms with E-state index in [2.05, 4.69) is 32.7 Å². The molecule has 1 aromatic heterocycles. The molecule has 0 radical (unpaired) electrons. The molecular weight excluding hydrogens is 358 g/mol. The van der Waals surface area contributed by atoms with Gasteiger partial charge in [-0.1, -0.05) is 66.8 Å². The molecule has 1 N–H and O–H groups in total. The van der Waals surface area contributed by atoms with Gasteiger partial charge in [0.1, 0.15) is 10.7 Å². The second-order valence-corrected chi connectivity index (χ2v) is 7.23. The number of carbonyl (C=O) groups excluding carboxylic acids is 1. The summed E-state index contributed by atoms with van der Waals surface area (Å²) in [7, 11) is 0. The maximum atomic E-state index is 12.7. The zero-order valence-electron chi connectivity index (χ0n) is 14.9. The standard InChI is InChI=1S/C20H19N5OS/c1-2-18-22-23-20(27-18)21-19(26)16-13-17(14-9-5-3-6-10-14)25(24-16)15-11-7-4-8-12-15/h3-12,17H,2,13H2,1H3,(H,21,23,26)/t17-/m0/s1. The minimum Gasteiger partial charge on any atom is -0.295 e. The van der Waals surface area contributed by atoms with Gasteiger partial charge in [0, 0.05) is 6.42 Å². The van der Waals surface area contributed by atoms with Crippen molar-refractivity contribution >= 4 is 33.8 Å². The maximum absolute atomic E-state index is 12.7. The normalized spacial score (nSPS) is 16.3. The summed E-state index contributed by atoms with van der Waals surface area (Å²) in [4.78, 5) is 12.7. The summed E-state index contributed by atoms with van der Waals surface area (Å²) in [5.74, 6) is -0.229. The molecule has 7 heteroatoms. The molecule has 6 nitrogen and oxygen atoms in total. The number of hydrazone groups is 1. The number of carbonyl (C=O) groups is 1. The average molecular weight is 377 g/mol. The molecule has 27 heavy (non-hydrogen) atoms. The number of benzene rings is 2. The van der Waals surface area contributed by atoms with Gasteiger partial charge >= 0.3 is 0 Å². The van der Waals surface area contributed by atoms with Gasteiger partial charge in [0.25, 0.3) is 5.91 Å². The summed E-state index contributed by atoms with van der Waals surface area (Å²) in [6.07, 6.45) is 1.33. The first-order valence-corrected chi connectivity index (χ1v) is 9.66. The number of amides is 1. The highest BCUT2D eigenvalue weighted by molar-refractivity contribution is 7.15. The monoisotopic (exact) mass is 377 g/mol. The van der Waals surface area contributed by atoms with Crippen LogP contribution in [-0.2, 0) is 11.2 Å². The number of aryl methyl sites for hydroxylation is 1. The smallest absolute Gasteiger partial charge is 0.273 e. The van der Waals surface area contributed by atoms with E-state index in [9.17, 15) is 4.79 Å². The van der Waals surface area contributed by atoms with Gasteiger partial charge in [0.2, 0.25) is 5.13 Å². The highest BCUT2D eigenvalue weighted by Crippen LogP contribution is 2.35. The molecular formula is C20H19N5OS. The fourth-order valence-electron chi connectivity index (χ4n) is 3.02. The van der Waals surface area contributed by atoms with E-state index >= 15 is 0 Å². The van der Waals surface area contributed by atoms with Crippen molar-refractivity contribution in [1.29, 1.82) is 0 Å². The number of aromatic nitrogens is 2. The number of para-hydroxylation sites is 1. The van der Waals surface area contributed by atoms with E-state index in [0.717, 1.165) is 22.7 Å². The van der Waals surface area contributed by atoms with Crippen molar-refractivity contribution in [3.63, 3.8) is 0 Å². The lowest BCUT2D eigenvalue weighted by molar-refractivity contribution is -0.110. The minimum atomic E-state index is -0.229. The van der Waals surface area contributed by atoms with Crippen molar-refractivity contribution in [2.24, 2.45) is 5.10 Å². The van der Waals surface area contributed by atoms with Crippen LogP contribution < -0.4 is 10.3 Å². The van der Waals surface area contributed by atoms with Crippen LogP contribution in [0.3, 0.4) is 0 Å². The van der Waals surface area contributed by atoms with E-state index in [1.807, 2.05) is 60.5 Å². The van der Waals surface area contributed by atoms with Crippen molar-refractivity contribution in [3.8, 4) is 0 Å². The minimum absolute atomic E-state index is 0.0185. The molecule has 1 atom stereocenters. The molecule has 0 bridgehead atoms. The fraction of sp³-hybridized carbons (Fsp3) is 0.200. The lowest BCUT2D eigenvalue weighted by Gasteiger charge is -2.23. The zero-order chi connectivity index (χ0) is 18.6. The van der Waals surface area contributed by atoms with E-state index in [4.69, 9.17) is 0 Å². The van der Waals surface area contributed by atoms with Crippen molar-refractivity contribution in [2.75, 3.05) is 10.3 Å². The Kier molecular flexibility index (Phi) is 4.93. The molecule has 4 rings (SSSR count). The van der Waals surface area contributed by atoms with Crippen LogP contribution in [0.4, 0.5) is 10.8 Å². The Balaban J connectivity index is 1.60. The maximum Gasteiger partial charge on any atom is 0.273 e. The van der Waals surface area contributed by atoms with Gasteiger partial charge in [-0.25, -0.2) is 0 Å². The first-order chi connectivity index (χ1) is 13.2. The van der Waals surface area contributed by atoms with E-state index in [0.29, 0.717) is 17.3 Å². The summed E-state index contributed by atoms with van der Waals surface area (Å²) < 4.78 is 0. The van der Waals surface area contributed by atoms with Crippen LogP contribution in [-0.4, -0.2) is 21.8 Å². The second-order valence-electron chi connectivity index (χ2n) is 6.17. The van der Waals surface area contributed by atoms with E-state index in [1.165, 1.54) is 11.3 Å². The highest BCUT2D eigenvalue weighted by Gasteiger charge is 2.32. The lowest BCUT2D eigenvalue weighted by atomic mass is 10.0.